The molecule has 0 fully saturated rings. The van der Waals surface area contributed by atoms with Crippen LogP contribution in [-0.2, 0) is 16.2 Å². The Bertz CT molecular complexity index is 713. The second kappa shape index (κ2) is 7.21. The Hall–Kier alpha value is -2.16. The monoisotopic (exact) mass is 317 g/mol. The van der Waals surface area contributed by atoms with Crippen molar-refractivity contribution in [1.82, 2.24) is 25.0 Å². The van der Waals surface area contributed by atoms with E-state index in [1.165, 1.54) is 0 Å². The fourth-order valence-corrected chi connectivity index (χ4v) is 2.62. The van der Waals surface area contributed by atoms with Gasteiger partial charge in [0.15, 0.2) is 0 Å². The van der Waals surface area contributed by atoms with Crippen LogP contribution < -0.4 is 0 Å². The number of rotatable bonds is 7. The summed E-state index contributed by atoms with van der Waals surface area (Å²) in [5, 5.41) is 11.1. The lowest BCUT2D eigenvalue weighted by atomic mass is 10.3. The molecule has 0 radical (unpaired) electrons. The Kier molecular flexibility index (Phi) is 4.84. The highest BCUT2D eigenvalue weighted by molar-refractivity contribution is 7.13. The Morgan fingerprint density at radius 2 is 2.05 bits per heavy atom. The number of pyridine rings is 1. The topological polar surface area (TPSA) is 75.0 Å². The third-order valence-electron chi connectivity index (χ3n) is 2.89. The van der Waals surface area contributed by atoms with Gasteiger partial charge in [-0.05, 0) is 12.1 Å². The zero-order valence-corrected chi connectivity index (χ0v) is 12.9. The first-order chi connectivity index (χ1) is 10.9. The van der Waals surface area contributed by atoms with Gasteiger partial charge >= 0.3 is 0 Å². The summed E-state index contributed by atoms with van der Waals surface area (Å²) >= 11 is 1.57. The number of hydrogen-bond acceptors (Lipinski definition) is 7. The maximum Gasteiger partial charge on any atom is 0.141 e. The van der Waals surface area contributed by atoms with Gasteiger partial charge < -0.3 is 9.47 Å². The second-order valence-electron chi connectivity index (χ2n) is 4.45. The largest absolute Gasteiger partial charge is 0.382 e. The Balaban J connectivity index is 1.68. The molecule has 0 bridgehead atoms. The molecular weight excluding hydrogens is 302 g/mol. The Morgan fingerprint density at radius 3 is 2.86 bits per heavy atom. The molecule has 7 nitrogen and oxygen atoms in total. The number of methoxy groups -OCH3 is 1. The van der Waals surface area contributed by atoms with Gasteiger partial charge in [0.1, 0.15) is 23.1 Å². The van der Waals surface area contributed by atoms with E-state index in [4.69, 9.17) is 9.47 Å². The lowest BCUT2D eigenvalue weighted by molar-refractivity contribution is 0.0281. The van der Waals surface area contributed by atoms with E-state index in [1.54, 1.807) is 35.5 Å². The minimum Gasteiger partial charge on any atom is -0.382 e. The van der Waals surface area contributed by atoms with Crippen LogP contribution in [0.4, 0.5) is 0 Å². The van der Waals surface area contributed by atoms with Crippen molar-refractivity contribution in [2.24, 2.45) is 0 Å². The Labute approximate surface area is 131 Å². The second-order valence-corrected chi connectivity index (χ2v) is 5.31. The van der Waals surface area contributed by atoms with E-state index in [0.717, 1.165) is 22.0 Å². The number of aromatic nitrogens is 5. The van der Waals surface area contributed by atoms with E-state index in [-0.39, 0.29) is 0 Å². The predicted molar refractivity (Wildman–Crippen MR) is 82.2 cm³/mol. The van der Waals surface area contributed by atoms with Crippen LogP contribution in [0.3, 0.4) is 0 Å². The molecule has 3 heterocycles. The Morgan fingerprint density at radius 1 is 1.18 bits per heavy atom. The van der Waals surface area contributed by atoms with Crippen LogP contribution in [0.25, 0.3) is 22.0 Å². The molecular formula is C14H15N5O2S. The average Bonchev–Trinajstić information content (AvgIpc) is 3.21. The SMILES string of the molecule is COCCOCn1cc(-c2csc(-c3ccncc3)n2)nn1. The van der Waals surface area contributed by atoms with Gasteiger partial charge in [-0.15, -0.1) is 16.4 Å². The van der Waals surface area contributed by atoms with Gasteiger partial charge in [-0.1, -0.05) is 5.21 Å². The van der Waals surface area contributed by atoms with Crippen molar-refractivity contribution >= 4 is 11.3 Å². The number of thiazole rings is 1. The molecule has 0 saturated carbocycles. The normalized spacial score (nSPS) is 11.0. The highest BCUT2D eigenvalue weighted by Crippen LogP contribution is 2.27. The third-order valence-corrected chi connectivity index (χ3v) is 3.78. The highest BCUT2D eigenvalue weighted by Gasteiger charge is 2.10. The van der Waals surface area contributed by atoms with Crippen LogP contribution in [0.15, 0.2) is 36.1 Å². The van der Waals surface area contributed by atoms with Crippen molar-refractivity contribution < 1.29 is 9.47 Å². The lowest BCUT2D eigenvalue weighted by Crippen LogP contribution is -2.07. The molecule has 3 aromatic rings. The number of hydrogen-bond donors (Lipinski definition) is 0. The molecule has 8 heteroatoms. The molecule has 0 amide bonds. The molecule has 0 spiro atoms. The van der Waals surface area contributed by atoms with Crippen molar-refractivity contribution in [1.29, 1.82) is 0 Å². The number of ether oxygens (including phenoxy) is 2. The van der Waals surface area contributed by atoms with Gasteiger partial charge in [0, 0.05) is 30.4 Å². The fourth-order valence-electron chi connectivity index (χ4n) is 1.80. The highest BCUT2D eigenvalue weighted by atomic mass is 32.1. The molecule has 0 saturated heterocycles. The molecule has 0 aliphatic carbocycles. The fraction of sp³-hybridized carbons (Fsp3) is 0.286. The van der Waals surface area contributed by atoms with E-state index in [0.29, 0.717) is 19.9 Å². The molecule has 22 heavy (non-hydrogen) atoms. The maximum absolute atomic E-state index is 5.39. The summed E-state index contributed by atoms with van der Waals surface area (Å²) in [5.41, 5.74) is 2.58. The molecule has 0 atom stereocenters. The first-order valence-electron chi connectivity index (χ1n) is 6.70. The van der Waals surface area contributed by atoms with Crippen LogP contribution in [0, 0.1) is 0 Å². The van der Waals surface area contributed by atoms with Crippen LogP contribution in [0.2, 0.25) is 0 Å². The average molecular weight is 317 g/mol. The zero-order valence-electron chi connectivity index (χ0n) is 12.0. The van der Waals surface area contributed by atoms with Crippen LogP contribution in [0.5, 0.6) is 0 Å². The van der Waals surface area contributed by atoms with Crippen LogP contribution >= 0.6 is 11.3 Å². The van der Waals surface area contributed by atoms with Crippen molar-refractivity contribution in [3.63, 3.8) is 0 Å². The summed E-state index contributed by atoms with van der Waals surface area (Å²) in [6, 6.07) is 3.87. The lowest BCUT2D eigenvalue weighted by Gasteiger charge is -2.01. The quantitative estimate of drug-likeness (QED) is 0.621. The molecule has 0 aliphatic rings. The van der Waals surface area contributed by atoms with Gasteiger partial charge in [-0.2, -0.15) is 0 Å². The van der Waals surface area contributed by atoms with Gasteiger partial charge in [0.05, 0.1) is 19.4 Å². The summed E-state index contributed by atoms with van der Waals surface area (Å²) in [4.78, 5) is 8.60. The first-order valence-corrected chi connectivity index (χ1v) is 7.58. The van der Waals surface area contributed by atoms with Gasteiger partial charge in [0.25, 0.3) is 0 Å². The molecule has 3 aromatic heterocycles. The van der Waals surface area contributed by atoms with Crippen LogP contribution in [0.1, 0.15) is 0 Å². The smallest absolute Gasteiger partial charge is 0.141 e. The molecule has 114 valence electrons. The molecule has 0 aliphatic heterocycles. The van der Waals surface area contributed by atoms with Gasteiger partial charge in [0.2, 0.25) is 0 Å². The van der Waals surface area contributed by atoms with Crippen molar-refractivity contribution in [3.05, 3.63) is 36.1 Å². The van der Waals surface area contributed by atoms with Crippen molar-refractivity contribution in [3.8, 4) is 22.0 Å². The van der Waals surface area contributed by atoms with E-state index in [9.17, 15) is 0 Å². The minimum atomic E-state index is 0.345. The van der Waals surface area contributed by atoms with Gasteiger partial charge in [-0.25, -0.2) is 9.67 Å². The summed E-state index contributed by atoms with van der Waals surface area (Å²) in [6.07, 6.45) is 5.33. The van der Waals surface area contributed by atoms with Crippen molar-refractivity contribution in [2.45, 2.75) is 6.73 Å². The van der Waals surface area contributed by atoms with E-state index in [2.05, 4.69) is 20.3 Å². The minimum absolute atomic E-state index is 0.345. The summed E-state index contributed by atoms with van der Waals surface area (Å²) in [7, 11) is 1.64. The summed E-state index contributed by atoms with van der Waals surface area (Å²) in [6.45, 7) is 1.43. The summed E-state index contributed by atoms with van der Waals surface area (Å²) < 4.78 is 11.9. The maximum atomic E-state index is 5.39. The predicted octanol–water partition coefficient (Wildman–Crippen LogP) is 2.08. The number of nitrogens with zero attached hydrogens (tertiary/aromatic N) is 5. The molecule has 3 rings (SSSR count). The third kappa shape index (κ3) is 3.53. The molecule has 0 N–H and O–H groups in total. The molecule has 0 aromatic carbocycles. The first kappa shape index (κ1) is 14.8. The van der Waals surface area contributed by atoms with Crippen LogP contribution in [-0.4, -0.2) is 45.3 Å². The standard InChI is InChI=1S/C14H15N5O2S/c1-20-6-7-21-10-19-8-12(17-18-19)13-9-22-14(16-13)11-2-4-15-5-3-11/h2-5,8-9H,6-7,10H2,1H3. The van der Waals surface area contributed by atoms with E-state index >= 15 is 0 Å². The van der Waals surface area contributed by atoms with Gasteiger partial charge in [-0.3, -0.25) is 4.98 Å². The summed E-state index contributed by atoms with van der Waals surface area (Å²) in [5.74, 6) is 0. The van der Waals surface area contributed by atoms with E-state index < -0.39 is 0 Å². The molecule has 0 unspecified atom stereocenters. The van der Waals surface area contributed by atoms with E-state index in [1.807, 2.05) is 23.7 Å². The van der Waals surface area contributed by atoms with Crippen molar-refractivity contribution in [2.75, 3.05) is 20.3 Å². The zero-order chi connectivity index (χ0) is 15.2.